The van der Waals surface area contributed by atoms with E-state index in [-0.39, 0.29) is 17.7 Å². The summed E-state index contributed by atoms with van der Waals surface area (Å²) in [4.78, 5) is 27.4. The maximum absolute atomic E-state index is 13.1. The third-order valence-electron chi connectivity index (χ3n) is 4.49. The van der Waals surface area contributed by atoms with Crippen LogP contribution in [0, 0.1) is 12.8 Å². The summed E-state index contributed by atoms with van der Waals surface area (Å²) in [6, 6.07) is 15.0. The first-order valence-corrected chi connectivity index (χ1v) is 9.58. The molecule has 28 heavy (non-hydrogen) atoms. The number of nitrogens with zero attached hydrogens (tertiary/aromatic N) is 1. The Kier molecular flexibility index (Phi) is 5.83. The monoisotopic (exact) mass is 378 g/mol. The molecular formula is C23H26N2O3. The van der Waals surface area contributed by atoms with Gasteiger partial charge < -0.3 is 10.1 Å². The fourth-order valence-electron chi connectivity index (χ4n) is 3.16. The van der Waals surface area contributed by atoms with Gasteiger partial charge >= 0.3 is 0 Å². The first-order chi connectivity index (χ1) is 13.4. The van der Waals surface area contributed by atoms with Gasteiger partial charge in [0.15, 0.2) is 0 Å². The average molecular weight is 378 g/mol. The van der Waals surface area contributed by atoms with Gasteiger partial charge in [-0.1, -0.05) is 43.7 Å². The molecular weight excluding hydrogens is 352 g/mol. The Morgan fingerprint density at radius 2 is 1.61 bits per heavy atom. The van der Waals surface area contributed by atoms with Gasteiger partial charge in [0.1, 0.15) is 11.4 Å². The maximum atomic E-state index is 13.1. The number of carbonyl (C=O) groups excluding carboxylic acids is 2. The van der Waals surface area contributed by atoms with Gasteiger partial charge in [0.25, 0.3) is 11.8 Å². The molecule has 0 bridgehead atoms. The molecule has 0 atom stereocenters. The quantitative estimate of drug-likeness (QED) is 0.732. The highest BCUT2D eigenvalue weighted by Crippen LogP contribution is 2.31. The van der Waals surface area contributed by atoms with Crippen molar-refractivity contribution in [2.24, 2.45) is 5.92 Å². The van der Waals surface area contributed by atoms with Crippen molar-refractivity contribution in [3.63, 3.8) is 0 Å². The van der Waals surface area contributed by atoms with Gasteiger partial charge in [0.05, 0.1) is 12.2 Å². The van der Waals surface area contributed by atoms with E-state index >= 15 is 0 Å². The summed E-state index contributed by atoms with van der Waals surface area (Å²) >= 11 is 0. The zero-order valence-electron chi connectivity index (χ0n) is 16.8. The molecule has 0 unspecified atom stereocenters. The van der Waals surface area contributed by atoms with Crippen LogP contribution in [0.4, 0.5) is 5.69 Å². The van der Waals surface area contributed by atoms with E-state index in [0.717, 1.165) is 22.6 Å². The number of aryl methyl sites for hydroxylation is 1. The molecule has 1 heterocycles. The van der Waals surface area contributed by atoms with Gasteiger partial charge in [-0.2, -0.15) is 0 Å². The van der Waals surface area contributed by atoms with Crippen LogP contribution in [-0.4, -0.2) is 29.9 Å². The van der Waals surface area contributed by atoms with Gasteiger partial charge in [0.2, 0.25) is 0 Å². The van der Waals surface area contributed by atoms with Crippen molar-refractivity contribution in [1.29, 1.82) is 0 Å². The normalized spacial score (nSPS) is 14.2. The van der Waals surface area contributed by atoms with E-state index in [1.165, 1.54) is 4.90 Å². The number of hydrogen-bond donors (Lipinski definition) is 1. The Bertz CT molecular complexity index is 896. The predicted molar refractivity (Wildman–Crippen MR) is 111 cm³/mol. The minimum atomic E-state index is -0.289. The largest absolute Gasteiger partial charge is 0.494 e. The van der Waals surface area contributed by atoms with E-state index in [0.29, 0.717) is 24.4 Å². The summed E-state index contributed by atoms with van der Waals surface area (Å²) in [7, 11) is 0. The van der Waals surface area contributed by atoms with Crippen molar-refractivity contribution in [2.75, 3.05) is 18.5 Å². The molecule has 3 rings (SSSR count). The smallest absolute Gasteiger partial charge is 0.278 e. The van der Waals surface area contributed by atoms with Gasteiger partial charge in [-0.15, -0.1) is 0 Å². The van der Waals surface area contributed by atoms with E-state index in [2.05, 4.69) is 5.32 Å². The first-order valence-electron chi connectivity index (χ1n) is 9.58. The fraction of sp³-hybridized carbons (Fsp3) is 0.304. The van der Waals surface area contributed by atoms with Crippen LogP contribution in [0.3, 0.4) is 0 Å². The summed E-state index contributed by atoms with van der Waals surface area (Å²) in [5.74, 6) is 0.409. The summed E-state index contributed by atoms with van der Waals surface area (Å²) in [6.45, 7) is 8.88. The van der Waals surface area contributed by atoms with Crippen LogP contribution in [-0.2, 0) is 9.59 Å². The van der Waals surface area contributed by atoms with E-state index < -0.39 is 0 Å². The molecule has 2 aromatic carbocycles. The van der Waals surface area contributed by atoms with Gasteiger partial charge in [0, 0.05) is 12.2 Å². The van der Waals surface area contributed by atoms with E-state index in [9.17, 15) is 9.59 Å². The predicted octanol–water partition coefficient (Wildman–Crippen LogP) is 4.24. The lowest BCUT2D eigenvalue weighted by Crippen LogP contribution is -2.35. The molecule has 0 aromatic heterocycles. The lowest BCUT2D eigenvalue weighted by molar-refractivity contribution is -0.137. The fourth-order valence-corrected chi connectivity index (χ4v) is 3.16. The lowest BCUT2D eigenvalue weighted by atomic mass is 10.0. The van der Waals surface area contributed by atoms with Crippen LogP contribution in [0.25, 0.3) is 5.57 Å². The number of nitrogens with one attached hydrogen (secondary N) is 1. The lowest BCUT2D eigenvalue weighted by Gasteiger charge is -2.17. The van der Waals surface area contributed by atoms with Crippen molar-refractivity contribution in [1.82, 2.24) is 4.90 Å². The number of carbonyl (C=O) groups is 2. The highest BCUT2D eigenvalue weighted by molar-refractivity contribution is 6.36. The number of amides is 2. The number of hydrogen-bond acceptors (Lipinski definition) is 4. The maximum Gasteiger partial charge on any atom is 0.278 e. The van der Waals surface area contributed by atoms with Crippen molar-refractivity contribution in [3.05, 3.63) is 65.4 Å². The second-order valence-electron chi connectivity index (χ2n) is 7.31. The second kappa shape index (κ2) is 8.30. The van der Waals surface area contributed by atoms with E-state index in [4.69, 9.17) is 4.74 Å². The molecule has 0 aliphatic carbocycles. The Balaban J connectivity index is 1.98. The summed E-state index contributed by atoms with van der Waals surface area (Å²) in [6.07, 6.45) is 0. The van der Waals surface area contributed by atoms with Crippen molar-refractivity contribution in [2.45, 2.75) is 27.7 Å². The molecule has 5 nitrogen and oxygen atoms in total. The average Bonchev–Trinajstić information content (AvgIpc) is 2.88. The molecule has 1 aliphatic rings. The number of anilines is 1. The highest BCUT2D eigenvalue weighted by Gasteiger charge is 2.39. The molecule has 0 saturated carbocycles. The summed E-state index contributed by atoms with van der Waals surface area (Å²) in [5, 5.41) is 3.17. The zero-order chi connectivity index (χ0) is 20.3. The Morgan fingerprint density at radius 3 is 2.18 bits per heavy atom. The van der Waals surface area contributed by atoms with Gasteiger partial charge in [-0.25, -0.2) is 0 Å². The van der Waals surface area contributed by atoms with Crippen LogP contribution in [0.5, 0.6) is 5.75 Å². The Labute approximate surface area is 166 Å². The second-order valence-corrected chi connectivity index (χ2v) is 7.31. The van der Waals surface area contributed by atoms with Gasteiger partial charge in [-0.3, -0.25) is 14.5 Å². The van der Waals surface area contributed by atoms with E-state index in [1.54, 1.807) is 0 Å². The number of rotatable bonds is 7. The molecule has 0 fully saturated rings. The van der Waals surface area contributed by atoms with Crippen LogP contribution < -0.4 is 10.1 Å². The first kappa shape index (κ1) is 19.7. The van der Waals surface area contributed by atoms with Gasteiger partial charge in [-0.05, 0) is 49.6 Å². The van der Waals surface area contributed by atoms with Crippen LogP contribution in [0.1, 0.15) is 31.9 Å². The highest BCUT2D eigenvalue weighted by atomic mass is 16.5. The molecule has 1 aliphatic heterocycles. The van der Waals surface area contributed by atoms with Crippen molar-refractivity contribution in [3.8, 4) is 5.75 Å². The van der Waals surface area contributed by atoms with Crippen LogP contribution in [0.2, 0.25) is 0 Å². The molecule has 2 aromatic rings. The molecule has 2 amide bonds. The number of benzene rings is 2. The Hall–Kier alpha value is -3.08. The minimum absolute atomic E-state index is 0.192. The van der Waals surface area contributed by atoms with E-state index in [1.807, 2.05) is 76.2 Å². The number of ether oxygens (including phenoxy) is 1. The molecule has 0 radical (unpaired) electrons. The summed E-state index contributed by atoms with van der Waals surface area (Å²) < 4.78 is 5.46. The molecule has 0 saturated heterocycles. The molecule has 5 heteroatoms. The standard InChI is InChI=1S/C23H26N2O3/c1-5-28-19-12-10-18(11-13-19)24-21-20(17-8-6-16(4)7-9-17)22(26)25(23(21)27)14-15(2)3/h6-13,15,24H,5,14H2,1-4H3. The molecule has 0 spiro atoms. The van der Waals surface area contributed by atoms with Crippen LogP contribution in [0.15, 0.2) is 54.2 Å². The van der Waals surface area contributed by atoms with Crippen molar-refractivity contribution < 1.29 is 14.3 Å². The third-order valence-corrected chi connectivity index (χ3v) is 4.49. The summed E-state index contributed by atoms with van der Waals surface area (Å²) in [5.41, 5.74) is 3.30. The molecule has 1 N–H and O–H groups in total. The Morgan fingerprint density at radius 1 is 0.964 bits per heavy atom. The number of imide groups is 1. The van der Waals surface area contributed by atoms with Crippen molar-refractivity contribution >= 4 is 23.1 Å². The SMILES string of the molecule is CCOc1ccc(NC2=C(c3ccc(C)cc3)C(=O)N(CC(C)C)C2=O)cc1. The minimum Gasteiger partial charge on any atom is -0.494 e. The third kappa shape index (κ3) is 4.09. The molecule has 146 valence electrons. The van der Waals surface area contributed by atoms with Crippen LogP contribution >= 0.6 is 0 Å². The topological polar surface area (TPSA) is 58.6 Å². The zero-order valence-corrected chi connectivity index (χ0v) is 16.8.